The van der Waals surface area contributed by atoms with Gasteiger partial charge in [-0.05, 0) is 24.6 Å². The largest absolute Gasteiger partial charge is 0.453 e. The van der Waals surface area contributed by atoms with Crippen LogP contribution in [0, 0.1) is 0 Å². The van der Waals surface area contributed by atoms with Crippen LogP contribution in [0.15, 0.2) is 24.3 Å². The molecule has 0 aliphatic carbocycles. The third-order valence-corrected chi connectivity index (χ3v) is 4.67. The first-order valence-electron chi connectivity index (χ1n) is 5.90. The molecule has 19 heavy (non-hydrogen) atoms. The van der Waals surface area contributed by atoms with Gasteiger partial charge in [0.15, 0.2) is 9.84 Å². The van der Waals surface area contributed by atoms with Gasteiger partial charge in [-0.15, -0.1) is 0 Å². The molecular weight excluding hydrogens is 268 g/mol. The molecule has 1 amide bonds. The van der Waals surface area contributed by atoms with Crippen molar-refractivity contribution in [2.24, 2.45) is 0 Å². The van der Waals surface area contributed by atoms with Crippen LogP contribution >= 0.6 is 0 Å². The first-order chi connectivity index (χ1) is 8.98. The molecule has 1 aliphatic heterocycles. The number of sulfone groups is 1. The number of nitrogens with one attached hydrogen (secondary N) is 2. The van der Waals surface area contributed by atoms with E-state index in [1.165, 1.54) is 7.11 Å². The van der Waals surface area contributed by atoms with Gasteiger partial charge in [0.25, 0.3) is 0 Å². The number of methoxy groups -OCH3 is 1. The second kappa shape index (κ2) is 5.48. The summed E-state index contributed by atoms with van der Waals surface area (Å²) in [6.07, 6.45) is 0.0670. The highest BCUT2D eigenvalue weighted by atomic mass is 32.2. The van der Waals surface area contributed by atoms with Gasteiger partial charge < -0.3 is 10.1 Å². The van der Waals surface area contributed by atoms with Crippen molar-refractivity contribution in [2.45, 2.75) is 12.5 Å². The smallest absolute Gasteiger partial charge is 0.411 e. The lowest BCUT2D eigenvalue weighted by Crippen LogP contribution is -2.20. The molecule has 1 atom stereocenters. The van der Waals surface area contributed by atoms with Gasteiger partial charge in [0.2, 0.25) is 0 Å². The summed E-state index contributed by atoms with van der Waals surface area (Å²) in [7, 11) is -1.61. The van der Waals surface area contributed by atoms with Gasteiger partial charge in [0.05, 0.1) is 18.6 Å². The van der Waals surface area contributed by atoms with Crippen molar-refractivity contribution in [1.82, 2.24) is 0 Å². The Bertz CT molecular complexity index is 571. The molecule has 7 heteroatoms. The molecule has 1 heterocycles. The molecule has 1 aromatic rings. The van der Waals surface area contributed by atoms with Crippen LogP contribution in [0.1, 0.15) is 6.42 Å². The predicted octanol–water partition coefficient (Wildman–Crippen LogP) is 1.46. The number of carbonyl (C=O) groups is 1. The van der Waals surface area contributed by atoms with Gasteiger partial charge in [-0.25, -0.2) is 13.2 Å². The molecule has 0 radical (unpaired) electrons. The van der Waals surface area contributed by atoms with Gasteiger partial charge in [-0.1, -0.05) is 6.07 Å². The average Bonchev–Trinajstić information content (AvgIpc) is 2.69. The Labute approximate surface area is 112 Å². The van der Waals surface area contributed by atoms with Crippen LogP contribution in [-0.4, -0.2) is 39.2 Å². The SMILES string of the molecule is COC(=O)Nc1cccc(NC2CCS(=O)(=O)C2)c1. The minimum Gasteiger partial charge on any atom is -0.453 e. The molecule has 1 saturated heterocycles. The van der Waals surface area contributed by atoms with E-state index in [0.717, 1.165) is 5.69 Å². The van der Waals surface area contributed by atoms with Crippen molar-refractivity contribution in [1.29, 1.82) is 0 Å². The second-order valence-corrected chi connectivity index (χ2v) is 6.67. The zero-order valence-electron chi connectivity index (χ0n) is 10.5. The van der Waals surface area contributed by atoms with E-state index in [-0.39, 0.29) is 17.5 Å². The predicted molar refractivity (Wildman–Crippen MR) is 73.2 cm³/mol. The summed E-state index contributed by atoms with van der Waals surface area (Å²) >= 11 is 0. The van der Waals surface area contributed by atoms with Gasteiger partial charge in [-0.2, -0.15) is 0 Å². The zero-order chi connectivity index (χ0) is 13.9. The van der Waals surface area contributed by atoms with Crippen molar-refractivity contribution >= 4 is 27.3 Å². The first-order valence-corrected chi connectivity index (χ1v) is 7.73. The van der Waals surface area contributed by atoms with E-state index in [1.807, 2.05) is 6.07 Å². The minimum absolute atomic E-state index is 0.0709. The van der Waals surface area contributed by atoms with Crippen LogP contribution in [0.25, 0.3) is 0 Å². The van der Waals surface area contributed by atoms with Gasteiger partial charge in [0, 0.05) is 17.4 Å². The normalized spacial score (nSPS) is 20.8. The number of rotatable bonds is 3. The van der Waals surface area contributed by atoms with E-state index >= 15 is 0 Å². The lowest BCUT2D eigenvalue weighted by atomic mass is 10.2. The van der Waals surface area contributed by atoms with Crippen LogP contribution in [0.5, 0.6) is 0 Å². The molecule has 0 saturated carbocycles. The summed E-state index contributed by atoms with van der Waals surface area (Å²) in [4.78, 5) is 11.1. The van der Waals surface area contributed by atoms with Crippen molar-refractivity contribution < 1.29 is 17.9 Å². The molecule has 1 aliphatic rings. The topological polar surface area (TPSA) is 84.5 Å². The molecule has 0 bridgehead atoms. The Hall–Kier alpha value is -1.76. The van der Waals surface area contributed by atoms with Crippen LogP contribution in [0.4, 0.5) is 16.2 Å². The molecule has 104 valence electrons. The van der Waals surface area contributed by atoms with Crippen molar-refractivity contribution in [3.63, 3.8) is 0 Å². The van der Waals surface area contributed by atoms with E-state index in [9.17, 15) is 13.2 Å². The quantitative estimate of drug-likeness (QED) is 0.878. The maximum absolute atomic E-state index is 11.4. The number of hydrogen-bond donors (Lipinski definition) is 2. The lowest BCUT2D eigenvalue weighted by molar-refractivity contribution is 0.187. The number of carbonyl (C=O) groups excluding carboxylic acids is 1. The Morgan fingerprint density at radius 3 is 2.74 bits per heavy atom. The minimum atomic E-state index is -2.90. The molecule has 2 rings (SSSR count). The highest BCUT2D eigenvalue weighted by Crippen LogP contribution is 2.20. The Morgan fingerprint density at radius 2 is 2.11 bits per heavy atom. The summed E-state index contributed by atoms with van der Waals surface area (Å²) in [5.74, 6) is 0.381. The molecule has 0 spiro atoms. The fourth-order valence-corrected chi connectivity index (χ4v) is 3.67. The molecule has 6 nitrogen and oxygen atoms in total. The molecule has 0 aromatic heterocycles. The summed E-state index contributed by atoms with van der Waals surface area (Å²) in [6.45, 7) is 0. The Balaban J connectivity index is 2.01. The highest BCUT2D eigenvalue weighted by Gasteiger charge is 2.27. The van der Waals surface area contributed by atoms with Crippen LogP contribution < -0.4 is 10.6 Å². The average molecular weight is 284 g/mol. The van der Waals surface area contributed by atoms with E-state index in [4.69, 9.17) is 0 Å². The van der Waals surface area contributed by atoms with Crippen molar-refractivity contribution in [3.05, 3.63) is 24.3 Å². The Morgan fingerprint density at radius 1 is 1.37 bits per heavy atom. The maximum Gasteiger partial charge on any atom is 0.411 e. The second-order valence-electron chi connectivity index (χ2n) is 4.44. The number of anilines is 2. The molecule has 1 aromatic carbocycles. The van der Waals surface area contributed by atoms with Gasteiger partial charge in [-0.3, -0.25) is 5.32 Å². The monoisotopic (exact) mass is 284 g/mol. The zero-order valence-corrected chi connectivity index (χ0v) is 11.4. The lowest BCUT2D eigenvalue weighted by Gasteiger charge is -2.13. The van der Waals surface area contributed by atoms with Crippen molar-refractivity contribution in [3.8, 4) is 0 Å². The van der Waals surface area contributed by atoms with E-state index in [0.29, 0.717) is 12.1 Å². The Kier molecular flexibility index (Phi) is 3.94. The van der Waals surface area contributed by atoms with Gasteiger partial charge >= 0.3 is 6.09 Å². The van der Waals surface area contributed by atoms with Crippen LogP contribution in [0.3, 0.4) is 0 Å². The summed E-state index contributed by atoms with van der Waals surface area (Å²) < 4.78 is 27.2. The number of benzene rings is 1. The molecule has 1 unspecified atom stereocenters. The molecule has 1 fully saturated rings. The summed E-state index contributed by atoms with van der Waals surface area (Å²) in [5.41, 5.74) is 1.37. The number of ether oxygens (including phenoxy) is 1. The van der Waals surface area contributed by atoms with Crippen molar-refractivity contribution in [2.75, 3.05) is 29.2 Å². The van der Waals surface area contributed by atoms with E-state index in [1.54, 1.807) is 18.2 Å². The fraction of sp³-hybridized carbons (Fsp3) is 0.417. The third-order valence-electron chi connectivity index (χ3n) is 2.90. The summed E-state index contributed by atoms with van der Waals surface area (Å²) in [5, 5.41) is 5.71. The third kappa shape index (κ3) is 3.85. The van der Waals surface area contributed by atoms with Crippen LogP contribution in [0.2, 0.25) is 0 Å². The van der Waals surface area contributed by atoms with E-state index < -0.39 is 15.9 Å². The van der Waals surface area contributed by atoms with Crippen LogP contribution in [-0.2, 0) is 14.6 Å². The fourth-order valence-electron chi connectivity index (χ4n) is 2.00. The molecule has 2 N–H and O–H groups in total. The maximum atomic E-state index is 11.4. The van der Waals surface area contributed by atoms with E-state index in [2.05, 4.69) is 15.4 Å². The summed E-state index contributed by atoms with van der Waals surface area (Å²) in [6, 6.07) is 7.00. The van der Waals surface area contributed by atoms with Gasteiger partial charge in [0.1, 0.15) is 0 Å². The molecular formula is C12H16N2O4S. The highest BCUT2D eigenvalue weighted by molar-refractivity contribution is 7.91. The number of amides is 1. The number of hydrogen-bond acceptors (Lipinski definition) is 5. The first kappa shape index (κ1) is 13.7. The standard InChI is InChI=1S/C12H16N2O4S/c1-18-12(15)14-10-4-2-3-9(7-10)13-11-5-6-19(16,17)8-11/h2-4,7,11,13H,5-6,8H2,1H3,(H,14,15).